The highest BCUT2D eigenvalue weighted by Gasteiger charge is 2.05. The maximum Gasteiger partial charge on any atom is 0.309 e. The van der Waals surface area contributed by atoms with Crippen LogP contribution < -0.4 is 0 Å². The second-order valence-electron chi connectivity index (χ2n) is 3.27. The molecule has 0 spiro atoms. The molecule has 5 heteroatoms. The zero-order valence-corrected chi connectivity index (χ0v) is 8.99. The molecule has 2 aromatic rings. The lowest BCUT2D eigenvalue weighted by Crippen LogP contribution is -1.99. The molecular weight excluding hydrogens is 216 g/mol. The SMILES string of the molecule is Cc1ccn2cc(CC(=O)O)nc2c1.Cl. The minimum Gasteiger partial charge on any atom is -0.481 e. The number of nitrogens with zero attached hydrogens (tertiary/aromatic N) is 2. The van der Waals surface area contributed by atoms with Crippen LogP contribution in [0.15, 0.2) is 24.5 Å². The maximum atomic E-state index is 10.5. The van der Waals surface area contributed by atoms with Crippen molar-refractivity contribution in [1.82, 2.24) is 9.38 Å². The number of fused-ring (bicyclic) bond motifs is 1. The predicted molar refractivity (Wildman–Crippen MR) is 58.5 cm³/mol. The fourth-order valence-corrected chi connectivity index (χ4v) is 1.38. The Bertz CT molecular complexity index is 493. The highest BCUT2D eigenvalue weighted by molar-refractivity contribution is 5.85. The average Bonchev–Trinajstić information content (AvgIpc) is 2.44. The van der Waals surface area contributed by atoms with E-state index in [0.29, 0.717) is 5.69 Å². The molecule has 0 aliphatic heterocycles. The molecule has 0 aliphatic rings. The summed E-state index contributed by atoms with van der Waals surface area (Å²) < 4.78 is 1.82. The molecule has 0 saturated heterocycles. The molecule has 0 amide bonds. The first kappa shape index (κ1) is 11.5. The summed E-state index contributed by atoms with van der Waals surface area (Å²) in [5.74, 6) is -0.856. The molecule has 0 fully saturated rings. The standard InChI is InChI=1S/C10H10N2O2.ClH/c1-7-2-3-12-6-8(5-10(13)14)11-9(12)4-7;/h2-4,6H,5H2,1H3,(H,13,14);1H. The largest absolute Gasteiger partial charge is 0.481 e. The van der Waals surface area contributed by atoms with Crippen molar-refractivity contribution in [3.8, 4) is 0 Å². The van der Waals surface area contributed by atoms with Gasteiger partial charge < -0.3 is 9.51 Å². The van der Waals surface area contributed by atoms with Gasteiger partial charge in [-0.1, -0.05) is 0 Å². The number of carboxylic acids is 1. The Hall–Kier alpha value is -1.55. The topological polar surface area (TPSA) is 54.6 Å². The molecule has 2 heterocycles. The van der Waals surface area contributed by atoms with E-state index in [4.69, 9.17) is 5.11 Å². The number of aromatic nitrogens is 2. The Morgan fingerprint density at radius 2 is 2.33 bits per heavy atom. The highest BCUT2D eigenvalue weighted by Crippen LogP contribution is 2.07. The van der Waals surface area contributed by atoms with Gasteiger partial charge in [0.15, 0.2) is 0 Å². The van der Waals surface area contributed by atoms with Crippen molar-refractivity contribution < 1.29 is 9.90 Å². The van der Waals surface area contributed by atoms with E-state index >= 15 is 0 Å². The van der Waals surface area contributed by atoms with Gasteiger partial charge in [-0.3, -0.25) is 4.79 Å². The van der Waals surface area contributed by atoms with Crippen molar-refractivity contribution in [3.63, 3.8) is 0 Å². The molecule has 0 aromatic carbocycles. The Morgan fingerprint density at radius 1 is 1.60 bits per heavy atom. The van der Waals surface area contributed by atoms with Gasteiger partial charge in [0, 0.05) is 12.4 Å². The number of hydrogen-bond acceptors (Lipinski definition) is 2. The summed E-state index contributed by atoms with van der Waals surface area (Å²) in [7, 11) is 0. The molecule has 4 nitrogen and oxygen atoms in total. The fourth-order valence-electron chi connectivity index (χ4n) is 1.38. The molecule has 1 N–H and O–H groups in total. The van der Waals surface area contributed by atoms with Crippen LogP contribution in [0, 0.1) is 6.92 Å². The first-order chi connectivity index (χ1) is 6.65. The third-order valence-corrected chi connectivity index (χ3v) is 2.00. The minimum atomic E-state index is -0.856. The number of carbonyl (C=O) groups is 1. The van der Waals surface area contributed by atoms with Crippen molar-refractivity contribution in [3.05, 3.63) is 35.8 Å². The quantitative estimate of drug-likeness (QED) is 0.848. The number of aryl methyl sites for hydroxylation is 1. The molecule has 2 aromatic heterocycles. The van der Waals surface area contributed by atoms with Crippen molar-refractivity contribution in [2.24, 2.45) is 0 Å². The summed E-state index contributed by atoms with van der Waals surface area (Å²) in [6, 6.07) is 3.88. The molecule has 0 saturated carbocycles. The average molecular weight is 227 g/mol. The number of hydrogen-bond donors (Lipinski definition) is 1. The second-order valence-corrected chi connectivity index (χ2v) is 3.27. The van der Waals surface area contributed by atoms with Crippen LogP contribution in [0.5, 0.6) is 0 Å². The summed E-state index contributed by atoms with van der Waals surface area (Å²) >= 11 is 0. The Kier molecular flexibility index (Phi) is 3.31. The fraction of sp³-hybridized carbons (Fsp3) is 0.200. The zero-order chi connectivity index (χ0) is 10.1. The third-order valence-electron chi connectivity index (χ3n) is 2.00. The van der Waals surface area contributed by atoms with E-state index in [0.717, 1.165) is 11.2 Å². The summed E-state index contributed by atoms with van der Waals surface area (Å²) in [5.41, 5.74) is 2.49. The molecule has 15 heavy (non-hydrogen) atoms. The Morgan fingerprint density at radius 3 is 3.00 bits per heavy atom. The lowest BCUT2D eigenvalue weighted by molar-refractivity contribution is -0.136. The van der Waals surface area contributed by atoms with Crippen molar-refractivity contribution in [2.45, 2.75) is 13.3 Å². The maximum absolute atomic E-state index is 10.5. The van der Waals surface area contributed by atoms with Crippen molar-refractivity contribution in [2.75, 3.05) is 0 Å². The van der Waals surface area contributed by atoms with Crippen LogP contribution in [-0.4, -0.2) is 20.5 Å². The van der Waals surface area contributed by atoms with E-state index in [2.05, 4.69) is 4.98 Å². The van der Waals surface area contributed by atoms with Gasteiger partial charge in [-0.15, -0.1) is 12.4 Å². The first-order valence-electron chi connectivity index (χ1n) is 4.31. The van der Waals surface area contributed by atoms with Gasteiger partial charge in [-0.05, 0) is 24.6 Å². The molecule has 2 rings (SSSR count). The van der Waals surface area contributed by atoms with Gasteiger partial charge in [-0.2, -0.15) is 0 Å². The van der Waals surface area contributed by atoms with Crippen LogP contribution in [0.1, 0.15) is 11.3 Å². The van der Waals surface area contributed by atoms with E-state index < -0.39 is 5.97 Å². The van der Waals surface area contributed by atoms with Gasteiger partial charge in [0.1, 0.15) is 5.65 Å². The number of halogens is 1. The molecule has 0 unspecified atom stereocenters. The molecule has 0 atom stereocenters. The van der Waals surface area contributed by atoms with Crippen LogP contribution in [-0.2, 0) is 11.2 Å². The number of imidazole rings is 1. The van der Waals surface area contributed by atoms with Crippen LogP contribution in [0.25, 0.3) is 5.65 Å². The predicted octanol–water partition coefficient (Wildman–Crippen LogP) is 1.69. The number of rotatable bonds is 2. The van der Waals surface area contributed by atoms with Crippen molar-refractivity contribution >= 4 is 24.0 Å². The van der Waals surface area contributed by atoms with Crippen LogP contribution in [0.3, 0.4) is 0 Å². The smallest absolute Gasteiger partial charge is 0.309 e. The van der Waals surface area contributed by atoms with Gasteiger partial charge in [0.2, 0.25) is 0 Å². The van der Waals surface area contributed by atoms with Gasteiger partial charge in [0.25, 0.3) is 0 Å². The summed E-state index contributed by atoms with van der Waals surface area (Å²) in [6.07, 6.45) is 3.59. The number of carboxylic acid groups (broad SMARTS) is 1. The lowest BCUT2D eigenvalue weighted by atomic mass is 10.3. The highest BCUT2D eigenvalue weighted by atomic mass is 35.5. The Balaban J connectivity index is 0.00000112. The number of aliphatic carboxylic acids is 1. The molecular formula is C10H11ClN2O2. The van der Waals surface area contributed by atoms with E-state index in [9.17, 15) is 4.79 Å². The van der Waals surface area contributed by atoms with E-state index in [1.165, 1.54) is 0 Å². The van der Waals surface area contributed by atoms with E-state index in [-0.39, 0.29) is 18.8 Å². The molecule has 0 aliphatic carbocycles. The molecule has 80 valence electrons. The third kappa shape index (κ3) is 2.47. The van der Waals surface area contributed by atoms with Gasteiger partial charge in [-0.25, -0.2) is 4.98 Å². The van der Waals surface area contributed by atoms with E-state index in [1.807, 2.05) is 29.7 Å². The lowest BCUT2D eigenvalue weighted by Gasteiger charge is -1.92. The minimum absolute atomic E-state index is 0. The van der Waals surface area contributed by atoms with Gasteiger partial charge >= 0.3 is 5.97 Å². The van der Waals surface area contributed by atoms with Crippen LogP contribution in [0.4, 0.5) is 0 Å². The van der Waals surface area contributed by atoms with Crippen molar-refractivity contribution in [1.29, 1.82) is 0 Å². The molecule has 0 radical (unpaired) electrons. The summed E-state index contributed by atoms with van der Waals surface area (Å²) in [5, 5.41) is 8.60. The summed E-state index contributed by atoms with van der Waals surface area (Å²) in [4.78, 5) is 14.7. The first-order valence-corrected chi connectivity index (χ1v) is 4.31. The normalized spacial score (nSPS) is 9.93. The molecule has 0 bridgehead atoms. The van der Waals surface area contributed by atoms with Crippen LogP contribution >= 0.6 is 12.4 Å². The van der Waals surface area contributed by atoms with Gasteiger partial charge in [0.05, 0.1) is 12.1 Å². The zero-order valence-electron chi connectivity index (χ0n) is 8.17. The Labute approximate surface area is 93.0 Å². The second kappa shape index (κ2) is 4.31. The number of pyridine rings is 1. The van der Waals surface area contributed by atoms with E-state index in [1.54, 1.807) is 6.20 Å². The summed E-state index contributed by atoms with van der Waals surface area (Å²) in [6.45, 7) is 1.98. The van der Waals surface area contributed by atoms with Crippen LogP contribution in [0.2, 0.25) is 0 Å². The monoisotopic (exact) mass is 226 g/mol.